The number of rotatable bonds is 7. The number of hydrogen-bond acceptors (Lipinski definition) is 4. The van der Waals surface area contributed by atoms with Gasteiger partial charge in [-0.3, -0.25) is 14.3 Å². The lowest BCUT2D eigenvalue weighted by atomic mass is 10.1. The Labute approximate surface area is 140 Å². The van der Waals surface area contributed by atoms with Crippen LogP contribution in [-0.2, 0) is 22.7 Å². The molecule has 0 fully saturated rings. The Kier molecular flexibility index (Phi) is 7.79. The van der Waals surface area contributed by atoms with Crippen LogP contribution >= 0.6 is 12.4 Å². The van der Waals surface area contributed by atoms with Crippen molar-refractivity contribution in [1.82, 2.24) is 20.4 Å². The molecule has 0 bridgehead atoms. The molecular formula is C15H20ClN5O2. The van der Waals surface area contributed by atoms with Gasteiger partial charge < -0.3 is 16.4 Å². The van der Waals surface area contributed by atoms with Gasteiger partial charge in [0.2, 0.25) is 11.8 Å². The molecule has 8 heteroatoms. The smallest absolute Gasteiger partial charge is 0.239 e. The summed E-state index contributed by atoms with van der Waals surface area (Å²) in [5.74, 6) is -0.597. The van der Waals surface area contributed by atoms with Gasteiger partial charge in [-0.1, -0.05) is 24.3 Å². The summed E-state index contributed by atoms with van der Waals surface area (Å²) in [6.07, 6.45) is 3.65. The van der Waals surface area contributed by atoms with E-state index in [4.69, 9.17) is 5.73 Å². The molecule has 0 unspecified atom stereocenters. The number of benzene rings is 1. The first-order valence-corrected chi connectivity index (χ1v) is 6.96. The molecule has 23 heavy (non-hydrogen) atoms. The van der Waals surface area contributed by atoms with Crippen LogP contribution in [0.5, 0.6) is 0 Å². The van der Waals surface area contributed by atoms with Crippen molar-refractivity contribution in [2.24, 2.45) is 5.73 Å². The van der Waals surface area contributed by atoms with E-state index in [1.165, 1.54) is 0 Å². The van der Waals surface area contributed by atoms with Crippen LogP contribution in [0, 0.1) is 0 Å². The van der Waals surface area contributed by atoms with Gasteiger partial charge in [-0.15, -0.1) is 12.4 Å². The summed E-state index contributed by atoms with van der Waals surface area (Å²) in [6.45, 7) is 0.947. The molecule has 0 spiro atoms. The number of hydrogen-bond donors (Lipinski definition) is 3. The van der Waals surface area contributed by atoms with Crippen LogP contribution in [0.15, 0.2) is 42.7 Å². The van der Waals surface area contributed by atoms with E-state index in [1.54, 1.807) is 6.20 Å². The molecule has 1 aromatic heterocycles. The summed E-state index contributed by atoms with van der Waals surface area (Å²) < 4.78 is 1.84. The van der Waals surface area contributed by atoms with Crippen LogP contribution in [0.1, 0.15) is 11.1 Å². The molecule has 0 saturated carbocycles. The SMILES string of the molecule is Cl.NCC(=O)NCC(=O)NCc1ccc(Cn2cccn2)cc1. The lowest BCUT2D eigenvalue weighted by Gasteiger charge is -2.07. The van der Waals surface area contributed by atoms with Crippen molar-refractivity contribution in [3.05, 3.63) is 53.9 Å². The summed E-state index contributed by atoms with van der Waals surface area (Å²) in [4.78, 5) is 22.5. The molecule has 0 radical (unpaired) electrons. The maximum absolute atomic E-state index is 11.5. The van der Waals surface area contributed by atoms with Gasteiger partial charge in [0.25, 0.3) is 0 Å². The van der Waals surface area contributed by atoms with Crippen LogP contribution in [0.4, 0.5) is 0 Å². The zero-order valence-corrected chi connectivity index (χ0v) is 13.4. The fraction of sp³-hybridized carbons (Fsp3) is 0.267. The monoisotopic (exact) mass is 337 g/mol. The average Bonchev–Trinajstić information content (AvgIpc) is 3.04. The van der Waals surface area contributed by atoms with Gasteiger partial charge >= 0.3 is 0 Å². The molecule has 2 amide bonds. The number of carbonyl (C=O) groups is 2. The van der Waals surface area contributed by atoms with Crippen LogP contribution in [0.2, 0.25) is 0 Å². The Morgan fingerprint density at radius 1 is 1.09 bits per heavy atom. The molecular weight excluding hydrogens is 318 g/mol. The molecule has 0 atom stereocenters. The Hall–Kier alpha value is -2.38. The minimum absolute atomic E-state index is 0. The first-order chi connectivity index (χ1) is 10.7. The topological polar surface area (TPSA) is 102 Å². The number of amides is 2. The van der Waals surface area contributed by atoms with E-state index in [2.05, 4.69) is 15.7 Å². The Morgan fingerprint density at radius 2 is 1.78 bits per heavy atom. The zero-order chi connectivity index (χ0) is 15.8. The third-order valence-corrected chi connectivity index (χ3v) is 3.05. The first kappa shape index (κ1) is 18.7. The third kappa shape index (κ3) is 6.50. The van der Waals surface area contributed by atoms with E-state index in [-0.39, 0.29) is 37.3 Å². The maximum atomic E-state index is 11.5. The van der Waals surface area contributed by atoms with Gasteiger partial charge in [0.15, 0.2) is 0 Å². The number of aromatic nitrogens is 2. The molecule has 0 aliphatic rings. The lowest BCUT2D eigenvalue weighted by molar-refractivity contribution is -0.125. The summed E-state index contributed by atoms with van der Waals surface area (Å²) in [5, 5.41) is 9.30. The second-order valence-electron chi connectivity index (χ2n) is 4.78. The van der Waals surface area contributed by atoms with Gasteiger partial charge in [0.1, 0.15) is 0 Å². The normalized spacial score (nSPS) is 9.78. The number of nitrogens with one attached hydrogen (secondary N) is 2. The maximum Gasteiger partial charge on any atom is 0.239 e. The Balaban J connectivity index is 0.00000264. The van der Waals surface area contributed by atoms with Crippen molar-refractivity contribution in [3.63, 3.8) is 0 Å². The minimum Gasteiger partial charge on any atom is -0.350 e. The highest BCUT2D eigenvalue weighted by molar-refractivity contribution is 5.85. The van der Waals surface area contributed by atoms with Crippen LogP contribution < -0.4 is 16.4 Å². The number of carbonyl (C=O) groups excluding carboxylic acids is 2. The molecule has 0 aliphatic carbocycles. The average molecular weight is 338 g/mol. The van der Waals surface area contributed by atoms with Crippen LogP contribution in [-0.4, -0.2) is 34.7 Å². The Morgan fingerprint density at radius 3 is 2.39 bits per heavy atom. The number of nitrogens with zero attached hydrogens (tertiary/aromatic N) is 2. The zero-order valence-electron chi connectivity index (χ0n) is 12.6. The van der Waals surface area contributed by atoms with Gasteiger partial charge in [-0.2, -0.15) is 5.10 Å². The highest BCUT2D eigenvalue weighted by Gasteiger charge is 2.04. The van der Waals surface area contributed by atoms with Crippen molar-refractivity contribution >= 4 is 24.2 Å². The van der Waals surface area contributed by atoms with Gasteiger partial charge in [0.05, 0.1) is 19.6 Å². The van der Waals surface area contributed by atoms with Crippen molar-refractivity contribution < 1.29 is 9.59 Å². The highest BCUT2D eigenvalue weighted by Crippen LogP contribution is 2.06. The molecule has 4 N–H and O–H groups in total. The van der Waals surface area contributed by atoms with Gasteiger partial charge in [-0.25, -0.2) is 0 Å². The first-order valence-electron chi connectivity index (χ1n) is 6.96. The van der Waals surface area contributed by atoms with Crippen LogP contribution in [0.25, 0.3) is 0 Å². The summed E-state index contributed by atoms with van der Waals surface area (Å²) in [7, 11) is 0. The van der Waals surface area contributed by atoms with E-state index in [0.29, 0.717) is 13.1 Å². The molecule has 1 heterocycles. The fourth-order valence-electron chi connectivity index (χ4n) is 1.86. The van der Waals surface area contributed by atoms with Gasteiger partial charge in [0, 0.05) is 18.9 Å². The molecule has 124 valence electrons. The van der Waals surface area contributed by atoms with E-state index in [1.807, 2.05) is 41.2 Å². The van der Waals surface area contributed by atoms with Crippen molar-refractivity contribution in [1.29, 1.82) is 0 Å². The quantitative estimate of drug-likeness (QED) is 0.664. The lowest BCUT2D eigenvalue weighted by Crippen LogP contribution is -2.39. The number of nitrogens with two attached hydrogens (primary N) is 1. The molecule has 0 saturated heterocycles. The second-order valence-corrected chi connectivity index (χ2v) is 4.78. The van der Waals surface area contributed by atoms with E-state index in [9.17, 15) is 9.59 Å². The second kappa shape index (κ2) is 9.60. The van der Waals surface area contributed by atoms with Crippen LogP contribution in [0.3, 0.4) is 0 Å². The van der Waals surface area contributed by atoms with E-state index < -0.39 is 0 Å². The Bertz CT molecular complexity index is 613. The highest BCUT2D eigenvalue weighted by atomic mass is 35.5. The van der Waals surface area contributed by atoms with E-state index in [0.717, 1.165) is 11.1 Å². The molecule has 2 aromatic rings. The summed E-state index contributed by atoms with van der Waals surface area (Å²) >= 11 is 0. The number of halogens is 1. The largest absolute Gasteiger partial charge is 0.350 e. The predicted octanol–water partition coefficient (Wildman–Crippen LogP) is 0.0443. The summed E-state index contributed by atoms with van der Waals surface area (Å²) in [5.41, 5.74) is 7.26. The van der Waals surface area contributed by atoms with Crippen molar-refractivity contribution in [2.45, 2.75) is 13.1 Å². The standard InChI is InChI=1S/C15H19N5O2.ClH/c16-8-14(21)18-10-15(22)17-9-12-2-4-13(5-3-12)11-20-7-1-6-19-20;/h1-7H,8-11,16H2,(H,17,22)(H,18,21);1H. The van der Waals surface area contributed by atoms with Gasteiger partial charge in [-0.05, 0) is 17.2 Å². The molecule has 7 nitrogen and oxygen atoms in total. The van der Waals surface area contributed by atoms with E-state index >= 15 is 0 Å². The molecule has 1 aromatic carbocycles. The molecule has 0 aliphatic heterocycles. The molecule has 2 rings (SSSR count). The third-order valence-electron chi connectivity index (χ3n) is 3.05. The summed E-state index contributed by atoms with van der Waals surface area (Å²) in [6, 6.07) is 9.79. The minimum atomic E-state index is -0.349. The van der Waals surface area contributed by atoms with Crippen molar-refractivity contribution in [3.8, 4) is 0 Å². The fourth-order valence-corrected chi connectivity index (χ4v) is 1.86. The predicted molar refractivity (Wildman–Crippen MR) is 88.9 cm³/mol. The van der Waals surface area contributed by atoms with Crippen molar-refractivity contribution in [2.75, 3.05) is 13.1 Å².